The van der Waals surface area contributed by atoms with E-state index in [1.54, 1.807) is 24.3 Å². The highest BCUT2D eigenvalue weighted by atomic mass is 16.4. The Hall–Kier alpha value is -2.96. The zero-order valence-electron chi connectivity index (χ0n) is 9.45. The molecule has 2 N–H and O–H groups in total. The van der Waals surface area contributed by atoms with E-state index in [9.17, 15) is 14.4 Å². The van der Waals surface area contributed by atoms with E-state index in [0.717, 1.165) is 10.6 Å². The van der Waals surface area contributed by atoms with E-state index in [0.29, 0.717) is 11.0 Å². The van der Waals surface area contributed by atoms with Crippen LogP contribution in [0.25, 0.3) is 16.7 Å². The van der Waals surface area contributed by atoms with Crippen LogP contribution in [0, 0.1) is 0 Å². The molecule has 0 saturated heterocycles. The Labute approximate surface area is 104 Å². The molecule has 3 rings (SSSR count). The summed E-state index contributed by atoms with van der Waals surface area (Å²) in [6.07, 6.45) is 0.893. The minimum Gasteiger partial charge on any atom is -0.477 e. The zero-order chi connectivity index (χ0) is 13.6. The van der Waals surface area contributed by atoms with Crippen molar-refractivity contribution >= 4 is 22.6 Å². The third kappa shape index (κ3) is 1.52. The number of H-pyrrole nitrogens is 1. The van der Waals surface area contributed by atoms with Crippen molar-refractivity contribution in [3.63, 3.8) is 0 Å². The van der Waals surface area contributed by atoms with E-state index in [2.05, 4.69) is 9.97 Å². The van der Waals surface area contributed by atoms with Crippen LogP contribution in [0.3, 0.4) is 0 Å². The van der Waals surface area contributed by atoms with E-state index < -0.39 is 22.7 Å². The lowest BCUT2D eigenvalue weighted by atomic mass is 10.3. The molecule has 7 nitrogen and oxygen atoms in total. The van der Waals surface area contributed by atoms with Crippen LogP contribution >= 0.6 is 0 Å². The Morgan fingerprint density at radius 2 is 2.00 bits per heavy atom. The van der Waals surface area contributed by atoms with Crippen molar-refractivity contribution in [3.8, 4) is 0 Å². The molecule has 94 valence electrons. The number of para-hydroxylation sites is 2. The van der Waals surface area contributed by atoms with Crippen molar-refractivity contribution in [2.75, 3.05) is 0 Å². The summed E-state index contributed by atoms with van der Waals surface area (Å²) in [5, 5.41) is 8.93. The molecule has 7 heteroatoms. The average molecular weight is 257 g/mol. The number of fused-ring (bicyclic) bond motifs is 3. The molecular weight excluding hydrogens is 250 g/mol. The highest BCUT2D eigenvalue weighted by Crippen LogP contribution is 2.08. The van der Waals surface area contributed by atoms with Gasteiger partial charge < -0.3 is 10.1 Å². The third-order valence-electron chi connectivity index (χ3n) is 2.79. The summed E-state index contributed by atoms with van der Waals surface area (Å²) in [4.78, 5) is 41.2. The van der Waals surface area contributed by atoms with Gasteiger partial charge in [0.2, 0.25) is 5.65 Å². The standard InChI is InChI=1S/C12H7N3O4/c16-10-9-13-5-6(12(18)19)11(17)15(9)8-4-2-1-3-7(8)14-10/h1-5H,(H,14,16)(H,18,19). The number of rotatable bonds is 1. The summed E-state index contributed by atoms with van der Waals surface area (Å²) < 4.78 is 1.01. The molecule has 0 atom stereocenters. The van der Waals surface area contributed by atoms with Gasteiger partial charge in [0, 0.05) is 6.20 Å². The molecule has 0 aliphatic heterocycles. The fourth-order valence-corrected chi connectivity index (χ4v) is 1.94. The molecule has 0 bridgehead atoms. The molecule has 0 amide bonds. The Balaban J connectivity index is 2.68. The molecule has 0 fully saturated rings. The first-order valence-corrected chi connectivity index (χ1v) is 5.35. The predicted octanol–water partition coefficient (Wildman–Crippen LogP) is 0.234. The van der Waals surface area contributed by atoms with Crippen LogP contribution in [0.5, 0.6) is 0 Å². The number of aromatic nitrogens is 3. The first kappa shape index (κ1) is 11.1. The van der Waals surface area contributed by atoms with Crippen molar-refractivity contribution in [2.24, 2.45) is 0 Å². The minimum atomic E-state index is -1.38. The number of benzene rings is 1. The quantitative estimate of drug-likeness (QED) is 0.607. The van der Waals surface area contributed by atoms with Gasteiger partial charge in [-0.25, -0.2) is 9.78 Å². The second kappa shape index (κ2) is 3.77. The van der Waals surface area contributed by atoms with Gasteiger partial charge in [-0.3, -0.25) is 14.0 Å². The molecule has 0 radical (unpaired) electrons. The number of carbonyl (C=O) groups is 1. The minimum absolute atomic E-state index is 0.131. The topological polar surface area (TPSA) is 105 Å². The molecule has 2 heterocycles. The van der Waals surface area contributed by atoms with E-state index in [4.69, 9.17) is 5.11 Å². The summed E-state index contributed by atoms with van der Waals surface area (Å²) in [6, 6.07) is 6.60. The number of hydrogen-bond donors (Lipinski definition) is 2. The van der Waals surface area contributed by atoms with Crippen LogP contribution in [0.2, 0.25) is 0 Å². The molecule has 1 aromatic carbocycles. The molecule has 0 aliphatic rings. The lowest BCUT2D eigenvalue weighted by molar-refractivity contribution is 0.0694. The fourth-order valence-electron chi connectivity index (χ4n) is 1.94. The summed E-state index contributed by atoms with van der Waals surface area (Å²) in [5.74, 6) is -1.38. The lowest BCUT2D eigenvalue weighted by Gasteiger charge is -2.05. The zero-order valence-corrected chi connectivity index (χ0v) is 9.45. The van der Waals surface area contributed by atoms with Gasteiger partial charge in [-0.1, -0.05) is 12.1 Å². The Morgan fingerprint density at radius 1 is 1.26 bits per heavy atom. The van der Waals surface area contributed by atoms with E-state index in [1.165, 1.54) is 0 Å². The van der Waals surface area contributed by atoms with Gasteiger partial charge >= 0.3 is 5.97 Å². The smallest absolute Gasteiger partial charge is 0.342 e. The lowest BCUT2D eigenvalue weighted by Crippen LogP contribution is -2.27. The normalized spacial score (nSPS) is 10.9. The number of hydrogen-bond acceptors (Lipinski definition) is 4. The maximum atomic E-state index is 12.1. The largest absolute Gasteiger partial charge is 0.477 e. The molecule has 0 unspecified atom stereocenters. The van der Waals surface area contributed by atoms with Crippen LogP contribution in [0.4, 0.5) is 0 Å². The number of nitrogens with one attached hydrogen (secondary N) is 1. The van der Waals surface area contributed by atoms with Crippen LogP contribution < -0.4 is 11.1 Å². The molecule has 0 saturated carbocycles. The second-order valence-electron chi connectivity index (χ2n) is 3.91. The van der Waals surface area contributed by atoms with Crippen molar-refractivity contribution < 1.29 is 9.90 Å². The first-order chi connectivity index (χ1) is 9.09. The van der Waals surface area contributed by atoms with Gasteiger partial charge in [0.1, 0.15) is 5.56 Å². The Morgan fingerprint density at radius 3 is 2.74 bits per heavy atom. The van der Waals surface area contributed by atoms with E-state index in [-0.39, 0.29) is 5.65 Å². The highest BCUT2D eigenvalue weighted by molar-refractivity contribution is 5.87. The molecule has 19 heavy (non-hydrogen) atoms. The van der Waals surface area contributed by atoms with E-state index >= 15 is 0 Å². The van der Waals surface area contributed by atoms with Crippen molar-refractivity contribution in [2.45, 2.75) is 0 Å². The second-order valence-corrected chi connectivity index (χ2v) is 3.91. The van der Waals surface area contributed by atoms with Crippen LogP contribution in [0.15, 0.2) is 40.1 Å². The third-order valence-corrected chi connectivity index (χ3v) is 2.79. The summed E-state index contributed by atoms with van der Waals surface area (Å²) >= 11 is 0. The van der Waals surface area contributed by atoms with Crippen LogP contribution in [0.1, 0.15) is 10.4 Å². The van der Waals surface area contributed by atoms with Gasteiger partial charge in [-0.15, -0.1) is 0 Å². The maximum Gasteiger partial charge on any atom is 0.342 e. The highest BCUT2D eigenvalue weighted by Gasteiger charge is 2.15. The number of carboxylic acid groups (broad SMARTS) is 1. The first-order valence-electron chi connectivity index (χ1n) is 5.35. The summed E-state index contributed by atoms with van der Waals surface area (Å²) in [6.45, 7) is 0. The van der Waals surface area contributed by atoms with E-state index in [1.807, 2.05) is 0 Å². The Bertz CT molecular complexity index is 939. The monoisotopic (exact) mass is 257 g/mol. The number of carboxylic acids is 1. The van der Waals surface area contributed by atoms with Gasteiger partial charge in [0.15, 0.2) is 0 Å². The van der Waals surface area contributed by atoms with Crippen molar-refractivity contribution in [1.29, 1.82) is 0 Å². The van der Waals surface area contributed by atoms with Gasteiger partial charge in [0.05, 0.1) is 11.0 Å². The Kier molecular flexibility index (Phi) is 2.21. The molecule has 0 spiro atoms. The molecular formula is C12H7N3O4. The van der Waals surface area contributed by atoms with Gasteiger partial charge in [-0.2, -0.15) is 0 Å². The van der Waals surface area contributed by atoms with Gasteiger partial charge in [0.25, 0.3) is 11.1 Å². The molecule has 0 aliphatic carbocycles. The van der Waals surface area contributed by atoms with Crippen LogP contribution in [-0.2, 0) is 0 Å². The fraction of sp³-hybridized carbons (Fsp3) is 0. The molecule has 3 aromatic rings. The molecule has 2 aromatic heterocycles. The maximum absolute atomic E-state index is 12.1. The van der Waals surface area contributed by atoms with Crippen LogP contribution in [-0.4, -0.2) is 25.4 Å². The van der Waals surface area contributed by atoms with Crippen molar-refractivity contribution in [1.82, 2.24) is 14.4 Å². The number of nitrogens with zero attached hydrogens (tertiary/aromatic N) is 2. The van der Waals surface area contributed by atoms with Crippen molar-refractivity contribution in [3.05, 3.63) is 56.7 Å². The van der Waals surface area contributed by atoms with Gasteiger partial charge in [-0.05, 0) is 12.1 Å². The SMILES string of the molecule is O=C(O)c1cnc2c(=O)[nH]c3ccccc3n2c1=O. The number of aromatic amines is 1. The predicted molar refractivity (Wildman–Crippen MR) is 66.5 cm³/mol. The number of aromatic carboxylic acids is 1. The summed E-state index contributed by atoms with van der Waals surface area (Å²) in [7, 11) is 0. The summed E-state index contributed by atoms with van der Waals surface area (Å²) in [5.41, 5.74) is -1.10. The average Bonchev–Trinajstić information content (AvgIpc) is 2.38.